The van der Waals surface area contributed by atoms with Crippen molar-refractivity contribution in [2.75, 3.05) is 13.1 Å². The lowest BCUT2D eigenvalue weighted by atomic mass is 10.1. The van der Waals surface area contributed by atoms with Gasteiger partial charge in [-0.1, -0.05) is 30.3 Å². The summed E-state index contributed by atoms with van der Waals surface area (Å²) in [4.78, 5) is 12.3. The van der Waals surface area contributed by atoms with E-state index in [1.165, 1.54) is 5.56 Å². The topological polar surface area (TPSA) is 32.3 Å². The second-order valence-corrected chi connectivity index (χ2v) is 3.87. The third-order valence-corrected chi connectivity index (χ3v) is 2.86. The fourth-order valence-corrected chi connectivity index (χ4v) is 2.00. The maximum atomic E-state index is 10.4. The van der Waals surface area contributed by atoms with Gasteiger partial charge in [0.2, 0.25) is 0 Å². The first kappa shape index (κ1) is 10.1. The molecule has 1 saturated heterocycles. The average Bonchev–Trinajstić information content (AvgIpc) is 2.63. The molecule has 1 N–H and O–H groups in total. The van der Waals surface area contributed by atoms with Crippen LogP contribution in [-0.2, 0) is 4.79 Å². The highest BCUT2D eigenvalue weighted by Crippen LogP contribution is 2.19. The van der Waals surface area contributed by atoms with Crippen LogP contribution in [0, 0.1) is 0 Å². The van der Waals surface area contributed by atoms with Crippen molar-refractivity contribution in [2.45, 2.75) is 6.04 Å². The Balaban J connectivity index is 2.09. The molecule has 0 spiro atoms. The van der Waals surface area contributed by atoms with Gasteiger partial charge in [0.25, 0.3) is 0 Å². The van der Waals surface area contributed by atoms with Crippen molar-refractivity contribution >= 4 is 23.6 Å². The second-order valence-electron chi connectivity index (χ2n) is 3.48. The molecule has 2 rings (SSSR count). The van der Waals surface area contributed by atoms with Gasteiger partial charge in [-0.25, -0.2) is 0 Å². The minimum Gasteiger partial charge on any atom is -0.354 e. The molecule has 78 valence electrons. The minimum absolute atomic E-state index is 0.207. The fourth-order valence-electron chi connectivity index (χ4n) is 1.71. The molecule has 0 amide bonds. The summed E-state index contributed by atoms with van der Waals surface area (Å²) in [5, 5.41) is 3.87. The zero-order valence-corrected chi connectivity index (χ0v) is 9.04. The van der Waals surface area contributed by atoms with E-state index in [9.17, 15) is 4.79 Å². The summed E-state index contributed by atoms with van der Waals surface area (Å²) in [6, 6.07) is 10.3. The smallest absolute Gasteiger partial charge is 0.169 e. The van der Waals surface area contributed by atoms with E-state index in [0.29, 0.717) is 11.7 Å². The summed E-state index contributed by atoms with van der Waals surface area (Å²) in [5.74, 6) is 0. The molecule has 4 heteroatoms. The zero-order chi connectivity index (χ0) is 10.7. The van der Waals surface area contributed by atoms with Crippen LogP contribution < -0.4 is 5.32 Å². The van der Waals surface area contributed by atoms with Gasteiger partial charge in [-0.3, -0.25) is 0 Å². The summed E-state index contributed by atoms with van der Waals surface area (Å²) in [5.41, 5.74) is 1.20. The number of nitrogens with zero attached hydrogens (tertiary/aromatic N) is 1. The van der Waals surface area contributed by atoms with Crippen LogP contribution in [0.15, 0.2) is 30.3 Å². The predicted octanol–water partition coefficient (Wildman–Crippen LogP) is 1.12. The predicted molar refractivity (Wildman–Crippen MR) is 62.6 cm³/mol. The van der Waals surface area contributed by atoms with Gasteiger partial charge in [-0.2, -0.15) is 0 Å². The highest BCUT2D eigenvalue weighted by Gasteiger charge is 2.25. The van der Waals surface area contributed by atoms with Gasteiger partial charge >= 0.3 is 0 Å². The quantitative estimate of drug-likeness (QED) is 0.611. The molecule has 1 atom stereocenters. The molecule has 0 aromatic heterocycles. The van der Waals surface area contributed by atoms with Crippen molar-refractivity contribution in [1.29, 1.82) is 0 Å². The van der Waals surface area contributed by atoms with Crippen LogP contribution in [0.25, 0.3) is 0 Å². The first-order valence-electron chi connectivity index (χ1n) is 4.85. The Hall–Kier alpha value is -1.42. The molecule has 1 aromatic rings. The number of nitrogens with one attached hydrogen (secondary N) is 1. The van der Waals surface area contributed by atoms with E-state index < -0.39 is 0 Å². The Bertz CT molecular complexity index is 366. The monoisotopic (exact) mass is 220 g/mol. The lowest BCUT2D eigenvalue weighted by Gasteiger charge is -2.12. The van der Waals surface area contributed by atoms with Crippen molar-refractivity contribution in [1.82, 2.24) is 10.2 Å². The summed E-state index contributed by atoms with van der Waals surface area (Å²) in [6.07, 6.45) is 0.876. The van der Waals surface area contributed by atoms with Crippen LogP contribution in [0.1, 0.15) is 11.6 Å². The number of carbonyl (C=O) groups is 1. The number of thiocarbonyl (C=S) groups is 1. The van der Waals surface area contributed by atoms with E-state index in [2.05, 4.69) is 17.4 Å². The molecule has 0 saturated carbocycles. The summed E-state index contributed by atoms with van der Waals surface area (Å²) >= 11 is 5.14. The van der Waals surface area contributed by atoms with E-state index in [4.69, 9.17) is 12.2 Å². The molecule has 15 heavy (non-hydrogen) atoms. The zero-order valence-electron chi connectivity index (χ0n) is 8.22. The average molecular weight is 220 g/mol. The lowest BCUT2D eigenvalue weighted by Crippen LogP contribution is -2.29. The molecule has 1 aromatic carbocycles. The van der Waals surface area contributed by atoms with Crippen LogP contribution in [0.2, 0.25) is 0 Å². The molecule has 0 radical (unpaired) electrons. The Morgan fingerprint density at radius 3 is 2.87 bits per heavy atom. The van der Waals surface area contributed by atoms with Gasteiger partial charge in [0.15, 0.2) is 5.11 Å². The molecule has 0 bridgehead atoms. The lowest BCUT2D eigenvalue weighted by molar-refractivity contribution is -0.108. The van der Waals surface area contributed by atoms with Gasteiger partial charge in [0.05, 0.1) is 12.6 Å². The number of hydrogen-bond acceptors (Lipinski definition) is 2. The largest absolute Gasteiger partial charge is 0.354 e. The van der Waals surface area contributed by atoms with Gasteiger partial charge < -0.3 is 15.0 Å². The molecular weight excluding hydrogens is 208 g/mol. The number of aldehydes is 1. The number of rotatable bonds is 3. The maximum Gasteiger partial charge on any atom is 0.169 e. The summed E-state index contributed by atoms with van der Waals surface area (Å²) in [6.45, 7) is 1.14. The van der Waals surface area contributed by atoms with E-state index in [1.807, 2.05) is 23.1 Å². The molecule has 0 aliphatic carbocycles. The molecular formula is C11H12N2OS. The third kappa shape index (κ3) is 2.15. The van der Waals surface area contributed by atoms with Gasteiger partial charge in [-0.15, -0.1) is 0 Å². The molecule has 1 fully saturated rings. The van der Waals surface area contributed by atoms with Crippen LogP contribution >= 0.6 is 12.2 Å². The van der Waals surface area contributed by atoms with Gasteiger partial charge in [-0.05, 0) is 17.8 Å². The van der Waals surface area contributed by atoms with Gasteiger partial charge in [0.1, 0.15) is 6.29 Å². The standard InChI is InChI=1S/C11H12N2OS/c14-7-6-13-8-10(12-11(13)15)9-4-2-1-3-5-9/h1-5,7,10H,6,8H2,(H,12,15)/t10-/m1/s1. The van der Waals surface area contributed by atoms with Crippen molar-refractivity contribution < 1.29 is 4.79 Å². The van der Waals surface area contributed by atoms with Crippen LogP contribution in [-0.4, -0.2) is 29.4 Å². The Kier molecular flexibility index (Phi) is 2.97. The van der Waals surface area contributed by atoms with Crippen LogP contribution in [0.3, 0.4) is 0 Å². The van der Waals surface area contributed by atoms with E-state index >= 15 is 0 Å². The molecule has 3 nitrogen and oxygen atoms in total. The van der Waals surface area contributed by atoms with Crippen LogP contribution in [0.5, 0.6) is 0 Å². The van der Waals surface area contributed by atoms with Gasteiger partial charge in [0, 0.05) is 6.54 Å². The Morgan fingerprint density at radius 2 is 2.20 bits per heavy atom. The Labute approximate surface area is 94.1 Å². The summed E-state index contributed by atoms with van der Waals surface area (Å²) < 4.78 is 0. The molecule has 0 unspecified atom stereocenters. The maximum absolute atomic E-state index is 10.4. The first-order valence-corrected chi connectivity index (χ1v) is 5.26. The van der Waals surface area contributed by atoms with E-state index in [1.54, 1.807) is 0 Å². The minimum atomic E-state index is 0.207. The first-order chi connectivity index (χ1) is 7.31. The fraction of sp³-hybridized carbons (Fsp3) is 0.273. The third-order valence-electron chi connectivity index (χ3n) is 2.48. The molecule has 1 aliphatic rings. The van der Waals surface area contributed by atoms with E-state index in [-0.39, 0.29) is 6.04 Å². The molecule has 1 heterocycles. The van der Waals surface area contributed by atoms with Crippen LogP contribution in [0.4, 0.5) is 0 Å². The van der Waals surface area contributed by atoms with E-state index in [0.717, 1.165) is 12.8 Å². The van der Waals surface area contributed by atoms with Crippen molar-refractivity contribution in [3.8, 4) is 0 Å². The van der Waals surface area contributed by atoms with Crippen molar-refractivity contribution in [3.63, 3.8) is 0 Å². The highest BCUT2D eigenvalue weighted by molar-refractivity contribution is 7.80. The second kappa shape index (κ2) is 4.40. The number of hydrogen-bond donors (Lipinski definition) is 1. The summed E-state index contributed by atoms with van der Waals surface area (Å²) in [7, 11) is 0. The molecule has 1 aliphatic heterocycles. The Morgan fingerprint density at radius 1 is 1.47 bits per heavy atom. The normalized spacial score (nSPS) is 20.1. The van der Waals surface area contributed by atoms with Crippen molar-refractivity contribution in [3.05, 3.63) is 35.9 Å². The number of benzene rings is 1. The SMILES string of the molecule is O=CCN1C[C@H](c2ccccc2)NC1=S. The number of carbonyl (C=O) groups excluding carboxylic acids is 1. The highest BCUT2D eigenvalue weighted by atomic mass is 32.1. The van der Waals surface area contributed by atoms with Crippen molar-refractivity contribution in [2.24, 2.45) is 0 Å².